The summed E-state index contributed by atoms with van der Waals surface area (Å²) in [6, 6.07) is 18.6. The molecule has 69 valence electrons. The third kappa shape index (κ3) is 1.94. The van der Waals surface area contributed by atoms with Crippen molar-refractivity contribution in [2.45, 2.75) is 6.92 Å². The molecule has 0 bridgehead atoms. The Hall–Kier alpha value is -1.76. The molecule has 0 unspecified atom stereocenters. The summed E-state index contributed by atoms with van der Waals surface area (Å²) in [7, 11) is 0. The van der Waals surface area contributed by atoms with Crippen LogP contribution in [0, 0.1) is 13.0 Å². The van der Waals surface area contributed by atoms with Gasteiger partial charge in [-0.3, -0.25) is 0 Å². The summed E-state index contributed by atoms with van der Waals surface area (Å²) in [4.78, 5) is 0. The van der Waals surface area contributed by atoms with Crippen LogP contribution in [0.5, 0.6) is 11.5 Å². The molecule has 0 atom stereocenters. The van der Waals surface area contributed by atoms with Crippen molar-refractivity contribution in [2.75, 3.05) is 0 Å². The molecule has 0 aliphatic carbocycles. The number of aryl methyl sites for hydroxylation is 1. The SMILES string of the molecule is Cc1[c]cccc1Oc1ccccc1. The smallest absolute Gasteiger partial charge is 0.130 e. The van der Waals surface area contributed by atoms with Crippen LogP contribution in [0.25, 0.3) is 0 Å². The van der Waals surface area contributed by atoms with E-state index in [1.807, 2.05) is 55.5 Å². The standard InChI is InChI=1S/C13H11O/c1-11-7-5-6-10-13(11)14-12-8-3-2-4-9-12/h2-6,8-10H,1H3. The van der Waals surface area contributed by atoms with Gasteiger partial charge in [-0.15, -0.1) is 0 Å². The van der Waals surface area contributed by atoms with Crippen LogP contribution in [-0.2, 0) is 0 Å². The molecule has 1 radical (unpaired) electrons. The summed E-state index contributed by atoms with van der Waals surface area (Å²) in [5, 5.41) is 0. The number of hydrogen-bond donors (Lipinski definition) is 0. The van der Waals surface area contributed by atoms with Crippen molar-refractivity contribution in [2.24, 2.45) is 0 Å². The van der Waals surface area contributed by atoms with E-state index in [0.717, 1.165) is 17.1 Å². The van der Waals surface area contributed by atoms with Crippen molar-refractivity contribution in [3.63, 3.8) is 0 Å². The molecule has 0 saturated carbocycles. The minimum absolute atomic E-state index is 0.857. The molecule has 0 aromatic heterocycles. The number of benzene rings is 2. The third-order valence-corrected chi connectivity index (χ3v) is 1.98. The molecule has 0 saturated heterocycles. The Bertz CT molecular complexity index is 407. The second kappa shape index (κ2) is 3.97. The van der Waals surface area contributed by atoms with Crippen LogP contribution in [0.15, 0.2) is 48.5 Å². The maximum absolute atomic E-state index is 5.68. The summed E-state index contributed by atoms with van der Waals surface area (Å²) in [6.45, 7) is 1.98. The van der Waals surface area contributed by atoms with E-state index >= 15 is 0 Å². The Labute approximate surface area is 84.0 Å². The fourth-order valence-electron chi connectivity index (χ4n) is 1.23. The monoisotopic (exact) mass is 183 g/mol. The molecule has 2 rings (SSSR count). The lowest BCUT2D eigenvalue weighted by Crippen LogP contribution is -1.86. The van der Waals surface area contributed by atoms with Gasteiger partial charge in [0, 0.05) is 0 Å². The Morgan fingerprint density at radius 3 is 2.50 bits per heavy atom. The highest BCUT2D eigenvalue weighted by molar-refractivity contribution is 5.35. The van der Waals surface area contributed by atoms with Gasteiger partial charge in [-0.1, -0.05) is 30.3 Å². The zero-order chi connectivity index (χ0) is 9.80. The molecule has 1 nitrogen and oxygen atoms in total. The quantitative estimate of drug-likeness (QED) is 0.691. The second-order valence-corrected chi connectivity index (χ2v) is 3.07. The van der Waals surface area contributed by atoms with E-state index in [1.54, 1.807) is 0 Å². The van der Waals surface area contributed by atoms with E-state index in [2.05, 4.69) is 6.07 Å². The highest BCUT2D eigenvalue weighted by Gasteiger charge is 1.98. The van der Waals surface area contributed by atoms with Crippen LogP contribution in [-0.4, -0.2) is 0 Å². The van der Waals surface area contributed by atoms with E-state index in [0.29, 0.717) is 0 Å². The fraction of sp³-hybridized carbons (Fsp3) is 0.0769. The number of para-hydroxylation sites is 1. The van der Waals surface area contributed by atoms with Gasteiger partial charge in [-0.25, -0.2) is 0 Å². The van der Waals surface area contributed by atoms with Crippen LogP contribution in [0.2, 0.25) is 0 Å². The highest BCUT2D eigenvalue weighted by Crippen LogP contribution is 2.23. The Kier molecular flexibility index (Phi) is 2.50. The van der Waals surface area contributed by atoms with Gasteiger partial charge in [-0.05, 0) is 36.8 Å². The van der Waals surface area contributed by atoms with E-state index in [1.165, 1.54) is 0 Å². The first-order valence-corrected chi connectivity index (χ1v) is 4.56. The normalized spacial score (nSPS) is 9.79. The van der Waals surface area contributed by atoms with Gasteiger partial charge in [0.25, 0.3) is 0 Å². The Morgan fingerprint density at radius 1 is 1.00 bits per heavy atom. The molecule has 2 aromatic rings. The molecular formula is C13H11O. The first kappa shape index (κ1) is 8.82. The van der Waals surface area contributed by atoms with Crippen molar-refractivity contribution in [1.29, 1.82) is 0 Å². The molecule has 0 fully saturated rings. The maximum atomic E-state index is 5.68. The lowest BCUT2D eigenvalue weighted by Gasteiger charge is -2.07. The predicted molar refractivity (Wildman–Crippen MR) is 56.5 cm³/mol. The van der Waals surface area contributed by atoms with Crippen molar-refractivity contribution in [3.8, 4) is 11.5 Å². The minimum atomic E-state index is 0.857. The topological polar surface area (TPSA) is 9.23 Å². The molecule has 14 heavy (non-hydrogen) atoms. The van der Waals surface area contributed by atoms with Crippen molar-refractivity contribution >= 4 is 0 Å². The maximum Gasteiger partial charge on any atom is 0.130 e. The summed E-state index contributed by atoms with van der Waals surface area (Å²) in [5.41, 5.74) is 1.02. The van der Waals surface area contributed by atoms with Gasteiger partial charge >= 0.3 is 0 Å². The van der Waals surface area contributed by atoms with Crippen LogP contribution >= 0.6 is 0 Å². The Morgan fingerprint density at radius 2 is 1.79 bits per heavy atom. The molecule has 0 amide bonds. The summed E-state index contributed by atoms with van der Waals surface area (Å²) < 4.78 is 5.68. The van der Waals surface area contributed by atoms with Crippen LogP contribution in [0.1, 0.15) is 5.56 Å². The van der Waals surface area contributed by atoms with E-state index in [9.17, 15) is 0 Å². The lowest BCUT2D eigenvalue weighted by atomic mass is 10.2. The van der Waals surface area contributed by atoms with Crippen molar-refractivity contribution in [1.82, 2.24) is 0 Å². The summed E-state index contributed by atoms with van der Waals surface area (Å²) in [6.07, 6.45) is 0. The second-order valence-electron chi connectivity index (χ2n) is 3.07. The fourth-order valence-corrected chi connectivity index (χ4v) is 1.23. The van der Waals surface area contributed by atoms with Gasteiger partial charge in [0.1, 0.15) is 11.5 Å². The van der Waals surface area contributed by atoms with E-state index in [4.69, 9.17) is 4.74 Å². The molecule has 2 aromatic carbocycles. The molecule has 0 aliphatic rings. The average molecular weight is 183 g/mol. The molecular weight excluding hydrogens is 172 g/mol. The average Bonchev–Trinajstić information content (AvgIpc) is 2.23. The first-order valence-electron chi connectivity index (χ1n) is 4.56. The highest BCUT2D eigenvalue weighted by atomic mass is 16.5. The van der Waals surface area contributed by atoms with Crippen molar-refractivity contribution in [3.05, 3.63) is 60.2 Å². The van der Waals surface area contributed by atoms with Gasteiger partial charge in [0.15, 0.2) is 0 Å². The van der Waals surface area contributed by atoms with Crippen LogP contribution < -0.4 is 4.74 Å². The van der Waals surface area contributed by atoms with Gasteiger partial charge in [-0.2, -0.15) is 0 Å². The summed E-state index contributed by atoms with van der Waals surface area (Å²) >= 11 is 0. The first-order chi connectivity index (χ1) is 6.86. The molecule has 0 heterocycles. The predicted octanol–water partition coefficient (Wildman–Crippen LogP) is 3.59. The van der Waals surface area contributed by atoms with Gasteiger partial charge in [0.05, 0.1) is 0 Å². The molecule has 0 N–H and O–H groups in total. The van der Waals surface area contributed by atoms with E-state index in [-0.39, 0.29) is 0 Å². The van der Waals surface area contributed by atoms with Crippen molar-refractivity contribution < 1.29 is 4.74 Å². The number of hydrogen-bond acceptors (Lipinski definition) is 1. The number of rotatable bonds is 2. The van der Waals surface area contributed by atoms with Crippen LogP contribution in [0.3, 0.4) is 0 Å². The zero-order valence-electron chi connectivity index (χ0n) is 8.03. The number of ether oxygens (including phenoxy) is 1. The van der Waals surface area contributed by atoms with Gasteiger partial charge in [0.2, 0.25) is 0 Å². The largest absolute Gasteiger partial charge is 0.457 e. The van der Waals surface area contributed by atoms with E-state index < -0.39 is 0 Å². The summed E-state index contributed by atoms with van der Waals surface area (Å²) in [5.74, 6) is 1.72. The molecule has 0 spiro atoms. The Balaban J connectivity index is 2.24. The zero-order valence-corrected chi connectivity index (χ0v) is 8.03. The lowest BCUT2D eigenvalue weighted by molar-refractivity contribution is 0.479. The third-order valence-electron chi connectivity index (χ3n) is 1.98. The van der Waals surface area contributed by atoms with Crippen LogP contribution in [0.4, 0.5) is 0 Å². The molecule has 0 aliphatic heterocycles. The minimum Gasteiger partial charge on any atom is -0.457 e. The van der Waals surface area contributed by atoms with Gasteiger partial charge < -0.3 is 4.74 Å². The molecule has 1 heteroatoms.